The molecule has 0 aliphatic heterocycles. The highest BCUT2D eigenvalue weighted by molar-refractivity contribution is 5.80. The number of carbonyl (C=O) groups is 1. The van der Waals surface area contributed by atoms with Crippen molar-refractivity contribution in [1.82, 2.24) is 5.32 Å². The molecule has 0 aliphatic rings. The minimum absolute atomic E-state index is 0.00512. The molecule has 2 heteroatoms. The second-order valence-corrected chi connectivity index (χ2v) is 6.46. The molecule has 0 radical (unpaired) electrons. The molecule has 2 nitrogen and oxygen atoms in total. The van der Waals surface area contributed by atoms with Crippen LogP contribution in [0.3, 0.4) is 0 Å². The number of nitrogens with one attached hydrogen (secondary N) is 1. The molecule has 0 aromatic heterocycles. The minimum Gasteiger partial charge on any atom is -0.351 e. The lowest BCUT2D eigenvalue weighted by atomic mass is 9.77. The van der Waals surface area contributed by atoms with Gasteiger partial charge in [-0.2, -0.15) is 0 Å². The number of allylic oxidation sites excluding steroid dienone is 2. The Kier molecular flexibility index (Phi) is 5.24. The molecular formula is C14H27NO. The Morgan fingerprint density at radius 1 is 1.19 bits per heavy atom. The first-order valence-electron chi connectivity index (χ1n) is 6.01. The van der Waals surface area contributed by atoms with E-state index in [1.807, 2.05) is 33.8 Å². The molecule has 1 amide bonds. The number of carbonyl (C=O) groups excluding carboxylic acids is 1. The van der Waals surface area contributed by atoms with E-state index in [9.17, 15) is 4.79 Å². The first-order valence-corrected chi connectivity index (χ1v) is 6.01. The molecule has 1 N–H and O–H groups in total. The van der Waals surface area contributed by atoms with Crippen LogP contribution in [0.25, 0.3) is 0 Å². The first kappa shape index (κ1) is 15.2. The lowest BCUT2D eigenvalue weighted by molar-refractivity contribution is -0.129. The Bertz CT molecular complexity index is 253. The van der Waals surface area contributed by atoms with Gasteiger partial charge in [0.25, 0.3) is 0 Å². The van der Waals surface area contributed by atoms with Gasteiger partial charge in [0, 0.05) is 11.5 Å². The van der Waals surface area contributed by atoms with E-state index in [0.29, 0.717) is 0 Å². The molecule has 0 aliphatic carbocycles. The highest BCUT2D eigenvalue weighted by Crippen LogP contribution is 2.29. The Morgan fingerprint density at radius 2 is 1.69 bits per heavy atom. The van der Waals surface area contributed by atoms with Gasteiger partial charge in [0.2, 0.25) is 5.91 Å². The summed E-state index contributed by atoms with van der Waals surface area (Å²) in [5.74, 6) is 0.182. The summed E-state index contributed by atoms with van der Waals surface area (Å²) in [7, 11) is 0. The van der Waals surface area contributed by atoms with Crippen LogP contribution in [0, 0.1) is 11.3 Å². The fourth-order valence-corrected chi connectivity index (χ4v) is 1.58. The number of rotatable bonds is 3. The van der Waals surface area contributed by atoms with E-state index in [1.54, 1.807) is 0 Å². The van der Waals surface area contributed by atoms with Gasteiger partial charge in [0.1, 0.15) is 0 Å². The van der Waals surface area contributed by atoms with Crippen LogP contribution in [0.15, 0.2) is 12.2 Å². The standard InChI is InChI=1S/C14H27NO/c1-8-9-10-11(13(2,3)4)12(16)15-14(5,6)7/h8-9,11H,10H2,1-7H3,(H,15,16)/b9-8+. The van der Waals surface area contributed by atoms with Crippen LogP contribution < -0.4 is 5.32 Å². The summed E-state index contributed by atoms with van der Waals surface area (Å²) in [5, 5.41) is 3.06. The number of amides is 1. The third kappa shape index (κ3) is 5.94. The van der Waals surface area contributed by atoms with Crippen LogP contribution in [-0.2, 0) is 4.79 Å². The summed E-state index contributed by atoms with van der Waals surface area (Å²) in [5.41, 5.74) is -0.161. The Labute approximate surface area is 101 Å². The van der Waals surface area contributed by atoms with Gasteiger partial charge in [-0.15, -0.1) is 0 Å². The Balaban J connectivity index is 4.71. The van der Waals surface area contributed by atoms with Crippen molar-refractivity contribution >= 4 is 5.91 Å². The molecule has 16 heavy (non-hydrogen) atoms. The van der Waals surface area contributed by atoms with Crippen LogP contribution >= 0.6 is 0 Å². The van der Waals surface area contributed by atoms with E-state index >= 15 is 0 Å². The largest absolute Gasteiger partial charge is 0.351 e. The van der Waals surface area contributed by atoms with E-state index in [2.05, 4.69) is 32.2 Å². The van der Waals surface area contributed by atoms with Crippen LogP contribution in [0.4, 0.5) is 0 Å². The van der Waals surface area contributed by atoms with Gasteiger partial charge in [-0.05, 0) is 39.5 Å². The van der Waals surface area contributed by atoms with Crippen molar-refractivity contribution in [2.45, 2.75) is 60.4 Å². The molecule has 0 spiro atoms. The lowest BCUT2D eigenvalue weighted by Crippen LogP contribution is -2.46. The summed E-state index contributed by atoms with van der Waals surface area (Å²) >= 11 is 0. The molecule has 94 valence electrons. The van der Waals surface area contributed by atoms with Crippen LogP contribution in [0.2, 0.25) is 0 Å². The molecule has 0 aromatic carbocycles. The average Bonchev–Trinajstić information content (AvgIpc) is 1.98. The lowest BCUT2D eigenvalue weighted by Gasteiger charge is -2.32. The molecule has 0 bridgehead atoms. The molecule has 0 heterocycles. The average molecular weight is 225 g/mol. The molecule has 0 aromatic rings. The van der Waals surface area contributed by atoms with Crippen molar-refractivity contribution in [1.29, 1.82) is 0 Å². The van der Waals surface area contributed by atoms with E-state index < -0.39 is 0 Å². The molecule has 0 fully saturated rings. The molecule has 0 saturated heterocycles. The summed E-state index contributed by atoms with van der Waals surface area (Å²) in [4.78, 5) is 12.2. The quantitative estimate of drug-likeness (QED) is 0.731. The predicted octanol–water partition coefficient (Wildman–Crippen LogP) is 3.53. The Hall–Kier alpha value is -0.790. The molecule has 1 unspecified atom stereocenters. The SMILES string of the molecule is C/C=C/CC(C(=O)NC(C)(C)C)C(C)(C)C. The fraction of sp³-hybridized carbons (Fsp3) is 0.786. The van der Waals surface area contributed by atoms with E-state index in [4.69, 9.17) is 0 Å². The third-order valence-corrected chi connectivity index (χ3v) is 2.47. The van der Waals surface area contributed by atoms with Gasteiger partial charge in [-0.1, -0.05) is 32.9 Å². The van der Waals surface area contributed by atoms with Gasteiger partial charge in [-0.3, -0.25) is 4.79 Å². The maximum atomic E-state index is 12.2. The van der Waals surface area contributed by atoms with Crippen molar-refractivity contribution in [2.24, 2.45) is 11.3 Å². The van der Waals surface area contributed by atoms with Crippen molar-refractivity contribution < 1.29 is 4.79 Å². The van der Waals surface area contributed by atoms with Gasteiger partial charge in [0.05, 0.1) is 0 Å². The number of hydrogen-bond acceptors (Lipinski definition) is 1. The van der Waals surface area contributed by atoms with Crippen molar-refractivity contribution in [3.8, 4) is 0 Å². The van der Waals surface area contributed by atoms with Crippen molar-refractivity contribution in [3.63, 3.8) is 0 Å². The van der Waals surface area contributed by atoms with Crippen LogP contribution in [0.1, 0.15) is 54.9 Å². The molecule has 0 rings (SSSR count). The van der Waals surface area contributed by atoms with Gasteiger partial charge in [-0.25, -0.2) is 0 Å². The minimum atomic E-state index is -0.156. The highest BCUT2D eigenvalue weighted by atomic mass is 16.2. The van der Waals surface area contributed by atoms with Crippen molar-refractivity contribution in [3.05, 3.63) is 12.2 Å². The fourth-order valence-electron chi connectivity index (χ4n) is 1.58. The summed E-state index contributed by atoms with van der Waals surface area (Å²) < 4.78 is 0. The molecule has 1 atom stereocenters. The first-order chi connectivity index (χ1) is 7.08. The summed E-state index contributed by atoms with van der Waals surface area (Å²) in [6, 6.07) is 0. The topological polar surface area (TPSA) is 29.1 Å². The second kappa shape index (κ2) is 5.51. The highest BCUT2D eigenvalue weighted by Gasteiger charge is 2.31. The van der Waals surface area contributed by atoms with Gasteiger partial charge >= 0.3 is 0 Å². The van der Waals surface area contributed by atoms with Crippen LogP contribution in [-0.4, -0.2) is 11.4 Å². The monoisotopic (exact) mass is 225 g/mol. The zero-order valence-corrected chi connectivity index (χ0v) is 11.8. The summed E-state index contributed by atoms with van der Waals surface area (Å²) in [6.45, 7) is 14.4. The van der Waals surface area contributed by atoms with E-state index in [0.717, 1.165) is 6.42 Å². The van der Waals surface area contributed by atoms with E-state index in [-0.39, 0.29) is 22.8 Å². The normalized spacial score (nSPS) is 15.2. The molecular weight excluding hydrogens is 198 g/mol. The van der Waals surface area contributed by atoms with Crippen molar-refractivity contribution in [2.75, 3.05) is 0 Å². The molecule has 0 saturated carbocycles. The summed E-state index contributed by atoms with van der Waals surface area (Å²) in [6.07, 6.45) is 4.88. The number of hydrogen-bond donors (Lipinski definition) is 1. The zero-order chi connectivity index (χ0) is 13.0. The predicted molar refractivity (Wildman–Crippen MR) is 70.3 cm³/mol. The smallest absolute Gasteiger partial charge is 0.224 e. The van der Waals surface area contributed by atoms with E-state index in [1.165, 1.54) is 0 Å². The zero-order valence-electron chi connectivity index (χ0n) is 11.8. The van der Waals surface area contributed by atoms with Gasteiger partial charge in [0.15, 0.2) is 0 Å². The second-order valence-electron chi connectivity index (χ2n) is 6.46. The van der Waals surface area contributed by atoms with Crippen LogP contribution in [0.5, 0.6) is 0 Å². The maximum Gasteiger partial charge on any atom is 0.224 e. The third-order valence-electron chi connectivity index (χ3n) is 2.47. The maximum absolute atomic E-state index is 12.2. The Morgan fingerprint density at radius 3 is 2.00 bits per heavy atom. The van der Waals surface area contributed by atoms with Gasteiger partial charge < -0.3 is 5.32 Å².